The van der Waals surface area contributed by atoms with Crippen LogP contribution in [-0.4, -0.2) is 35.6 Å². The first kappa shape index (κ1) is 20.8. The number of primary amides is 1. The minimum Gasteiger partial charge on any atom is -0.365 e. The van der Waals surface area contributed by atoms with E-state index in [2.05, 4.69) is 17.1 Å². The topological polar surface area (TPSA) is 75.4 Å². The number of thioether (sulfide) groups is 1. The Morgan fingerprint density at radius 1 is 1.32 bits per heavy atom. The van der Waals surface area contributed by atoms with Crippen LogP contribution in [-0.2, 0) is 17.8 Å². The van der Waals surface area contributed by atoms with Gasteiger partial charge in [-0.05, 0) is 55.0 Å². The maximum Gasteiger partial charge on any atom is 0.251 e. The second-order valence-corrected chi connectivity index (χ2v) is 8.92. The third-order valence-corrected chi connectivity index (χ3v) is 6.94. The monoisotopic (exact) mass is 421 g/mol. The molecular formula is C20H24FN3O2S2. The number of anilines is 1. The van der Waals surface area contributed by atoms with E-state index in [1.54, 1.807) is 23.9 Å². The molecule has 0 spiro atoms. The summed E-state index contributed by atoms with van der Waals surface area (Å²) in [6.07, 6.45) is 1.83. The molecule has 1 aliphatic heterocycles. The molecule has 0 fully saturated rings. The highest BCUT2D eigenvalue weighted by atomic mass is 32.2. The Morgan fingerprint density at radius 3 is 2.75 bits per heavy atom. The normalized spacial score (nSPS) is 13.9. The number of carbonyl (C=O) groups excluding carboxylic acids is 2. The SMILES string of the molecule is CCN1CCc2c(sc(NC(=O)CCCSc3ccc(F)cc3)c2C(N)=O)C1. The molecule has 0 atom stereocenters. The molecule has 2 heterocycles. The van der Waals surface area contributed by atoms with Gasteiger partial charge in [-0.3, -0.25) is 14.5 Å². The van der Waals surface area contributed by atoms with Crippen molar-refractivity contribution < 1.29 is 14.0 Å². The maximum atomic E-state index is 12.9. The Balaban J connectivity index is 1.55. The number of halogens is 1. The van der Waals surface area contributed by atoms with Gasteiger partial charge < -0.3 is 11.1 Å². The number of hydrogen-bond donors (Lipinski definition) is 2. The maximum absolute atomic E-state index is 12.9. The van der Waals surface area contributed by atoms with Crippen molar-refractivity contribution >= 4 is 39.9 Å². The van der Waals surface area contributed by atoms with Crippen LogP contribution in [0.25, 0.3) is 0 Å². The van der Waals surface area contributed by atoms with Crippen molar-refractivity contribution in [1.29, 1.82) is 0 Å². The van der Waals surface area contributed by atoms with Crippen molar-refractivity contribution in [3.63, 3.8) is 0 Å². The van der Waals surface area contributed by atoms with Crippen molar-refractivity contribution in [3.8, 4) is 0 Å². The molecule has 0 saturated heterocycles. The van der Waals surface area contributed by atoms with Crippen LogP contribution in [0.3, 0.4) is 0 Å². The van der Waals surface area contributed by atoms with E-state index in [0.717, 1.165) is 47.1 Å². The Hall–Kier alpha value is -1.90. The van der Waals surface area contributed by atoms with Gasteiger partial charge in [0, 0.05) is 29.3 Å². The fraction of sp³-hybridized carbons (Fsp3) is 0.400. The summed E-state index contributed by atoms with van der Waals surface area (Å²) in [6.45, 7) is 4.76. The van der Waals surface area contributed by atoms with Crippen LogP contribution in [0, 0.1) is 5.82 Å². The number of nitrogens with two attached hydrogens (primary N) is 1. The van der Waals surface area contributed by atoms with Crippen molar-refractivity contribution in [2.24, 2.45) is 5.73 Å². The van der Waals surface area contributed by atoms with Gasteiger partial charge in [-0.25, -0.2) is 4.39 Å². The van der Waals surface area contributed by atoms with E-state index in [9.17, 15) is 14.0 Å². The molecule has 28 heavy (non-hydrogen) atoms. The van der Waals surface area contributed by atoms with E-state index in [0.29, 0.717) is 23.4 Å². The number of thiophene rings is 1. The summed E-state index contributed by atoms with van der Waals surface area (Å²) in [6, 6.07) is 6.32. The quantitative estimate of drug-likeness (QED) is 0.501. The zero-order valence-corrected chi connectivity index (χ0v) is 17.4. The lowest BCUT2D eigenvalue weighted by molar-refractivity contribution is -0.116. The summed E-state index contributed by atoms with van der Waals surface area (Å²) in [5.74, 6) is -0.0961. The van der Waals surface area contributed by atoms with Gasteiger partial charge in [0.15, 0.2) is 0 Å². The largest absolute Gasteiger partial charge is 0.365 e. The van der Waals surface area contributed by atoms with Gasteiger partial charge in [-0.15, -0.1) is 23.1 Å². The smallest absolute Gasteiger partial charge is 0.251 e. The summed E-state index contributed by atoms with van der Waals surface area (Å²) in [7, 11) is 0. The summed E-state index contributed by atoms with van der Waals surface area (Å²) in [5.41, 5.74) is 7.06. The molecule has 1 aliphatic rings. The van der Waals surface area contributed by atoms with E-state index in [1.807, 2.05) is 0 Å². The highest BCUT2D eigenvalue weighted by Gasteiger charge is 2.27. The molecular weight excluding hydrogens is 397 g/mol. The molecule has 2 amide bonds. The fourth-order valence-electron chi connectivity index (χ4n) is 3.22. The van der Waals surface area contributed by atoms with Gasteiger partial charge in [0.1, 0.15) is 10.8 Å². The fourth-order valence-corrected chi connectivity index (χ4v) is 5.38. The van der Waals surface area contributed by atoms with Crippen molar-refractivity contribution in [2.75, 3.05) is 24.2 Å². The summed E-state index contributed by atoms with van der Waals surface area (Å²) in [5, 5.41) is 3.47. The Bertz CT molecular complexity index is 852. The Labute approximate surface area is 172 Å². The first-order valence-electron chi connectivity index (χ1n) is 9.32. The number of amides is 2. The van der Waals surface area contributed by atoms with Crippen LogP contribution in [0.5, 0.6) is 0 Å². The lowest BCUT2D eigenvalue weighted by Gasteiger charge is -2.25. The lowest BCUT2D eigenvalue weighted by Crippen LogP contribution is -2.30. The number of carbonyl (C=O) groups is 2. The third-order valence-electron chi connectivity index (χ3n) is 4.71. The highest BCUT2D eigenvalue weighted by molar-refractivity contribution is 7.99. The zero-order chi connectivity index (χ0) is 20.1. The standard InChI is InChI=1S/C20H24FN3O2S2/c1-2-24-10-9-15-16(12-24)28-20(18(15)19(22)26)23-17(25)4-3-11-27-14-7-5-13(21)6-8-14/h5-8H,2-4,9-12H2,1H3,(H2,22,26)(H,23,25). The van der Waals surface area contributed by atoms with Crippen LogP contribution in [0.2, 0.25) is 0 Å². The molecule has 0 saturated carbocycles. The molecule has 0 bridgehead atoms. The first-order valence-corrected chi connectivity index (χ1v) is 11.1. The summed E-state index contributed by atoms with van der Waals surface area (Å²) < 4.78 is 12.9. The predicted octanol–water partition coefficient (Wildman–Crippen LogP) is 3.88. The Morgan fingerprint density at radius 2 is 2.07 bits per heavy atom. The molecule has 0 unspecified atom stereocenters. The van der Waals surface area contributed by atoms with Crippen LogP contribution >= 0.6 is 23.1 Å². The minimum absolute atomic E-state index is 0.117. The summed E-state index contributed by atoms with van der Waals surface area (Å²) >= 11 is 3.05. The van der Waals surface area contributed by atoms with Crippen LogP contribution in [0.15, 0.2) is 29.2 Å². The van der Waals surface area contributed by atoms with Gasteiger partial charge >= 0.3 is 0 Å². The van der Waals surface area contributed by atoms with E-state index in [4.69, 9.17) is 5.73 Å². The van der Waals surface area contributed by atoms with E-state index in [1.165, 1.54) is 23.5 Å². The second kappa shape index (κ2) is 9.54. The number of fused-ring (bicyclic) bond motifs is 1. The lowest BCUT2D eigenvalue weighted by atomic mass is 10.0. The van der Waals surface area contributed by atoms with Gasteiger partial charge in [-0.1, -0.05) is 6.92 Å². The average molecular weight is 422 g/mol. The number of nitrogens with one attached hydrogen (secondary N) is 1. The molecule has 8 heteroatoms. The van der Waals surface area contributed by atoms with E-state index < -0.39 is 5.91 Å². The molecule has 3 rings (SSSR count). The molecule has 0 radical (unpaired) electrons. The van der Waals surface area contributed by atoms with E-state index >= 15 is 0 Å². The molecule has 150 valence electrons. The van der Waals surface area contributed by atoms with Gasteiger partial charge in [0.25, 0.3) is 5.91 Å². The van der Waals surface area contributed by atoms with Gasteiger partial charge in [-0.2, -0.15) is 0 Å². The van der Waals surface area contributed by atoms with Crippen LogP contribution in [0.4, 0.5) is 9.39 Å². The molecule has 3 N–H and O–H groups in total. The molecule has 0 aliphatic carbocycles. The van der Waals surface area contributed by atoms with Gasteiger partial charge in [0.05, 0.1) is 5.56 Å². The predicted molar refractivity (Wildman–Crippen MR) is 112 cm³/mol. The molecule has 5 nitrogen and oxygen atoms in total. The molecule has 1 aromatic heterocycles. The average Bonchev–Trinajstić information content (AvgIpc) is 3.03. The third kappa shape index (κ3) is 5.12. The number of rotatable bonds is 8. The van der Waals surface area contributed by atoms with Crippen LogP contribution < -0.4 is 11.1 Å². The van der Waals surface area contributed by atoms with Crippen molar-refractivity contribution in [2.45, 2.75) is 37.6 Å². The Kier molecular flexibility index (Phi) is 7.09. The van der Waals surface area contributed by atoms with Crippen molar-refractivity contribution in [1.82, 2.24) is 4.90 Å². The van der Waals surface area contributed by atoms with Gasteiger partial charge in [0.2, 0.25) is 5.91 Å². The minimum atomic E-state index is -0.482. The summed E-state index contributed by atoms with van der Waals surface area (Å²) in [4.78, 5) is 28.7. The van der Waals surface area contributed by atoms with Crippen molar-refractivity contribution in [3.05, 3.63) is 46.1 Å². The number of nitrogens with zero attached hydrogens (tertiary/aromatic N) is 1. The zero-order valence-electron chi connectivity index (χ0n) is 15.8. The number of hydrogen-bond acceptors (Lipinski definition) is 5. The first-order chi connectivity index (χ1) is 13.5. The van der Waals surface area contributed by atoms with E-state index in [-0.39, 0.29) is 11.7 Å². The molecule has 1 aromatic carbocycles. The van der Waals surface area contributed by atoms with Crippen LogP contribution in [0.1, 0.15) is 40.6 Å². The molecule has 2 aromatic rings. The highest BCUT2D eigenvalue weighted by Crippen LogP contribution is 2.37. The second-order valence-electron chi connectivity index (χ2n) is 6.65. The number of likely N-dealkylation sites (N-methyl/N-ethyl adjacent to an activating group) is 1. The number of benzene rings is 1.